The maximum Gasteiger partial charge on any atom is 0.340 e. The Labute approximate surface area is 166 Å². The number of amides is 1. The molecule has 0 atom stereocenters. The Morgan fingerprint density at radius 2 is 1.79 bits per heavy atom. The van der Waals surface area contributed by atoms with E-state index in [1.807, 2.05) is 25.3 Å². The fourth-order valence-electron chi connectivity index (χ4n) is 4.04. The molecule has 1 aromatic heterocycles. The summed E-state index contributed by atoms with van der Waals surface area (Å²) in [6.07, 6.45) is 5.85. The predicted octanol–water partition coefficient (Wildman–Crippen LogP) is 2.92. The molecule has 1 amide bonds. The number of methoxy groups -OCH3 is 1. The molecule has 1 aliphatic rings. The number of nitrogens with zero attached hydrogens (tertiary/aromatic N) is 1. The van der Waals surface area contributed by atoms with E-state index in [-0.39, 0.29) is 12.5 Å². The lowest BCUT2D eigenvalue weighted by molar-refractivity contribution is -0.150. The molecule has 0 spiro atoms. The first-order valence-corrected chi connectivity index (χ1v) is 9.76. The van der Waals surface area contributed by atoms with Crippen molar-refractivity contribution in [3.8, 4) is 0 Å². The Balaban J connectivity index is 2.31. The van der Waals surface area contributed by atoms with Gasteiger partial charge in [-0.05, 0) is 46.6 Å². The number of nitrogens with one attached hydrogen (secondary N) is 1. The van der Waals surface area contributed by atoms with Crippen LogP contribution in [0.25, 0.3) is 6.08 Å². The van der Waals surface area contributed by atoms with Crippen LogP contribution in [0.15, 0.2) is 6.08 Å². The average Bonchev–Trinajstić information content (AvgIpc) is 3.22. The normalized spacial score (nSPS) is 15.6. The number of carbonyl (C=O) groups excluding carboxylic acids is 3. The molecule has 1 heterocycles. The second-order valence-electron chi connectivity index (χ2n) is 7.03. The van der Waals surface area contributed by atoms with E-state index in [9.17, 15) is 14.4 Å². The molecule has 1 fully saturated rings. The summed E-state index contributed by atoms with van der Waals surface area (Å²) < 4.78 is 12.1. The quantitative estimate of drug-likeness (QED) is 0.571. The molecule has 0 aromatic carbocycles. The lowest BCUT2D eigenvalue weighted by Crippen LogP contribution is -2.52. The zero-order chi connectivity index (χ0) is 20.9. The van der Waals surface area contributed by atoms with Gasteiger partial charge in [-0.3, -0.25) is 4.79 Å². The number of carbonyl (C=O) groups is 3. The minimum Gasteiger partial charge on any atom is -0.467 e. The molecule has 1 N–H and O–H groups in total. The van der Waals surface area contributed by atoms with Crippen LogP contribution in [0, 0.1) is 13.8 Å². The first-order chi connectivity index (χ1) is 13.3. The topological polar surface area (TPSA) is 86.6 Å². The molecule has 0 saturated heterocycles. The van der Waals surface area contributed by atoms with Gasteiger partial charge in [0.1, 0.15) is 5.54 Å². The lowest BCUT2D eigenvalue weighted by Gasteiger charge is -2.26. The number of rotatable bonds is 7. The number of aromatic nitrogens is 1. The van der Waals surface area contributed by atoms with Crippen LogP contribution in [0.5, 0.6) is 0 Å². The van der Waals surface area contributed by atoms with Gasteiger partial charge >= 0.3 is 11.9 Å². The van der Waals surface area contributed by atoms with Crippen LogP contribution in [0.2, 0.25) is 0 Å². The van der Waals surface area contributed by atoms with E-state index in [4.69, 9.17) is 9.47 Å². The SMILES string of the molecule is CCOC(=O)c1c(/C=C/C(=O)NC2(C(=O)OC)CCCC2)c(C)n(CC)c1C. The monoisotopic (exact) mass is 390 g/mol. The molecule has 0 bridgehead atoms. The zero-order valence-electron chi connectivity index (χ0n) is 17.4. The van der Waals surface area contributed by atoms with Crippen molar-refractivity contribution in [2.24, 2.45) is 0 Å². The smallest absolute Gasteiger partial charge is 0.340 e. The van der Waals surface area contributed by atoms with Crippen LogP contribution in [-0.2, 0) is 25.6 Å². The molecule has 1 aromatic rings. The molecule has 154 valence electrons. The number of hydrogen-bond acceptors (Lipinski definition) is 5. The van der Waals surface area contributed by atoms with Crippen LogP contribution >= 0.6 is 0 Å². The molecule has 28 heavy (non-hydrogen) atoms. The maximum atomic E-state index is 12.5. The highest BCUT2D eigenvalue weighted by molar-refractivity contribution is 6.00. The third-order valence-corrected chi connectivity index (χ3v) is 5.42. The molecule has 1 saturated carbocycles. The number of esters is 2. The summed E-state index contributed by atoms with van der Waals surface area (Å²) in [5, 5.41) is 2.82. The summed E-state index contributed by atoms with van der Waals surface area (Å²) in [6.45, 7) is 8.51. The van der Waals surface area contributed by atoms with Crippen molar-refractivity contribution in [3.05, 3.63) is 28.6 Å². The van der Waals surface area contributed by atoms with Gasteiger partial charge in [0, 0.05) is 29.6 Å². The van der Waals surface area contributed by atoms with Crippen LogP contribution in [0.4, 0.5) is 0 Å². The third-order valence-electron chi connectivity index (χ3n) is 5.42. The van der Waals surface area contributed by atoms with E-state index in [2.05, 4.69) is 5.32 Å². The minimum absolute atomic E-state index is 0.278. The molecule has 1 aliphatic carbocycles. The summed E-state index contributed by atoms with van der Waals surface area (Å²) in [5.74, 6) is -1.20. The van der Waals surface area contributed by atoms with Gasteiger partial charge in [0.05, 0.1) is 19.3 Å². The van der Waals surface area contributed by atoms with E-state index in [1.54, 1.807) is 13.0 Å². The van der Waals surface area contributed by atoms with Gasteiger partial charge in [-0.25, -0.2) is 9.59 Å². The second-order valence-corrected chi connectivity index (χ2v) is 7.03. The summed E-state index contributed by atoms with van der Waals surface area (Å²) in [7, 11) is 1.33. The Hall–Kier alpha value is -2.57. The van der Waals surface area contributed by atoms with Crippen molar-refractivity contribution in [1.29, 1.82) is 0 Å². The summed E-state index contributed by atoms with van der Waals surface area (Å²) in [4.78, 5) is 37.2. The fraction of sp³-hybridized carbons (Fsp3) is 0.571. The minimum atomic E-state index is -0.958. The molecule has 7 heteroatoms. The van der Waals surface area contributed by atoms with Crippen molar-refractivity contribution in [2.75, 3.05) is 13.7 Å². The molecule has 0 aliphatic heterocycles. The molecule has 2 rings (SSSR count). The maximum absolute atomic E-state index is 12.5. The summed E-state index contributed by atoms with van der Waals surface area (Å²) >= 11 is 0. The molecule has 0 radical (unpaired) electrons. The van der Waals surface area contributed by atoms with Crippen molar-refractivity contribution < 1.29 is 23.9 Å². The van der Waals surface area contributed by atoms with Crippen LogP contribution in [0.1, 0.15) is 66.8 Å². The first-order valence-electron chi connectivity index (χ1n) is 9.76. The van der Waals surface area contributed by atoms with Gasteiger partial charge in [-0.2, -0.15) is 0 Å². The zero-order valence-corrected chi connectivity index (χ0v) is 17.4. The van der Waals surface area contributed by atoms with Gasteiger partial charge in [0.15, 0.2) is 0 Å². The van der Waals surface area contributed by atoms with Gasteiger partial charge in [-0.15, -0.1) is 0 Å². The number of hydrogen-bond donors (Lipinski definition) is 1. The lowest BCUT2D eigenvalue weighted by atomic mass is 9.97. The third kappa shape index (κ3) is 4.13. The van der Waals surface area contributed by atoms with Gasteiger partial charge in [-0.1, -0.05) is 12.8 Å². The van der Waals surface area contributed by atoms with E-state index in [1.165, 1.54) is 13.2 Å². The Kier molecular flexibility index (Phi) is 7.05. The Bertz CT molecular complexity index is 785. The molecular formula is C21H30N2O5. The summed E-state index contributed by atoms with van der Waals surface area (Å²) in [5.41, 5.74) is 1.86. The van der Waals surface area contributed by atoms with Crippen molar-refractivity contribution in [1.82, 2.24) is 9.88 Å². The van der Waals surface area contributed by atoms with E-state index in [0.29, 0.717) is 30.5 Å². The van der Waals surface area contributed by atoms with Crippen LogP contribution in [0.3, 0.4) is 0 Å². The Morgan fingerprint density at radius 1 is 1.14 bits per heavy atom. The second kappa shape index (κ2) is 9.08. The van der Waals surface area contributed by atoms with E-state index < -0.39 is 17.5 Å². The standard InChI is InChI=1S/C21H30N2O5/c1-6-23-14(3)16(18(15(23)4)19(25)28-7-2)10-11-17(24)22-21(20(26)27-5)12-8-9-13-21/h10-11H,6-9,12-13H2,1-5H3,(H,22,24)/b11-10+. The molecule has 0 unspecified atom stereocenters. The Morgan fingerprint density at radius 3 is 2.32 bits per heavy atom. The molecular weight excluding hydrogens is 360 g/mol. The highest BCUT2D eigenvalue weighted by Gasteiger charge is 2.43. The highest BCUT2D eigenvalue weighted by atomic mass is 16.5. The number of ether oxygens (including phenoxy) is 2. The van der Waals surface area contributed by atoms with E-state index >= 15 is 0 Å². The van der Waals surface area contributed by atoms with Crippen molar-refractivity contribution in [2.45, 2.75) is 65.5 Å². The van der Waals surface area contributed by atoms with Gasteiger partial charge < -0.3 is 19.4 Å². The molecule has 7 nitrogen and oxygen atoms in total. The van der Waals surface area contributed by atoms with Crippen LogP contribution in [-0.4, -0.2) is 41.7 Å². The first kappa shape index (κ1) is 21.7. The van der Waals surface area contributed by atoms with E-state index in [0.717, 1.165) is 24.2 Å². The van der Waals surface area contributed by atoms with Crippen molar-refractivity contribution in [3.63, 3.8) is 0 Å². The summed E-state index contributed by atoms with van der Waals surface area (Å²) in [6, 6.07) is 0. The largest absolute Gasteiger partial charge is 0.467 e. The fourth-order valence-corrected chi connectivity index (χ4v) is 4.04. The highest BCUT2D eigenvalue weighted by Crippen LogP contribution is 2.31. The van der Waals surface area contributed by atoms with Gasteiger partial charge in [0.2, 0.25) is 5.91 Å². The average molecular weight is 390 g/mol. The predicted molar refractivity (Wildman–Crippen MR) is 106 cm³/mol. The van der Waals surface area contributed by atoms with Crippen LogP contribution < -0.4 is 5.32 Å². The van der Waals surface area contributed by atoms with Gasteiger partial charge in [0.25, 0.3) is 0 Å². The van der Waals surface area contributed by atoms with Crippen molar-refractivity contribution >= 4 is 23.9 Å².